The van der Waals surface area contributed by atoms with E-state index in [-0.39, 0.29) is 11.9 Å². The topological polar surface area (TPSA) is 55.1 Å². The van der Waals surface area contributed by atoms with Gasteiger partial charge in [0, 0.05) is 16.1 Å². The Morgan fingerprint density at radius 3 is 2.84 bits per heavy atom. The lowest BCUT2D eigenvalue weighted by Gasteiger charge is -2.31. The van der Waals surface area contributed by atoms with Crippen molar-refractivity contribution in [2.24, 2.45) is 11.7 Å². The summed E-state index contributed by atoms with van der Waals surface area (Å²) in [6.07, 6.45) is 4.58. The second kappa shape index (κ2) is 6.53. The molecule has 2 atom stereocenters. The van der Waals surface area contributed by atoms with Gasteiger partial charge in [-0.2, -0.15) is 0 Å². The molecule has 0 saturated heterocycles. The maximum absolute atomic E-state index is 12.3. The molecule has 0 aliphatic heterocycles. The molecule has 3 N–H and O–H groups in total. The zero-order chi connectivity index (χ0) is 13.8. The number of hydrogen-bond donors (Lipinski definition) is 2. The number of nitrogens with two attached hydrogens (primary N) is 1. The number of carbonyl (C=O) groups is 1. The number of nitrogens with one attached hydrogen (secondary N) is 1. The first-order valence-electron chi connectivity index (χ1n) is 6.89. The van der Waals surface area contributed by atoms with Crippen LogP contribution < -0.4 is 11.1 Å². The second-order valence-corrected chi connectivity index (χ2v) is 6.24. The number of carbonyl (C=O) groups excluding carboxylic acids is 1. The van der Waals surface area contributed by atoms with E-state index in [9.17, 15) is 4.79 Å². The van der Waals surface area contributed by atoms with E-state index >= 15 is 0 Å². The summed E-state index contributed by atoms with van der Waals surface area (Å²) in [5, 5.41) is 3.16. The van der Waals surface area contributed by atoms with Crippen LogP contribution in [0.4, 0.5) is 0 Å². The predicted octanol–water partition coefficient (Wildman–Crippen LogP) is 3.00. The molecule has 0 radical (unpaired) electrons. The van der Waals surface area contributed by atoms with Crippen LogP contribution in [0.2, 0.25) is 0 Å². The Balaban J connectivity index is 2.07. The second-order valence-electron chi connectivity index (χ2n) is 5.32. The molecule has 1 saturated carbocycles. The molecule has 0 bridgehead atoms. The van der Waals surface area contributed by atoms with E-state index in [1.54, 1.807) is 0 Å². The van der Waals surface area contributed by atoms with Crippen molar-refractivity contribution in [1.29, 1.82) is 0 Å². The SMILES string of the molecule is Cc1cc(Br)ccc1C(=O)NC1CCCCC1CN. The highest BCUT2D eigenvalue weighted by atomic mass is 79.9. The van der Waals surface area contributed by atoms with Gasteiger partial charge in [-0.15, -0.1) is 0 Å². The lowest BCUT2D eigenvalue weighted by Crippen LogP contribution is -2.44. The average molecular weight is 325 g/mol. The lowest BCUT2D eigenvalue weighted by atomic mass is 9.84. The number of aryl methyl sites for hydroxylation is 1. The lowest BCUT2D eigenvalue weighted by molar-refractivity contribution is 0.0907. The first-order valence-corrected chi connectivity index (χ1v) is 7.68. The van der Waals surface area contributed by atoms with Crippen molar-refractivity contribution in [3.8, 4) is 0 Å². The summed E-state index contributed by atoms with van der Waals surface area (Å²) in [5.41, 5.74) is 7.55. The summed E-state index contributed by atoms with van der Waals surface area (Å²) in [7, 11) is 0. The zero-order valence-corrected chi connectivity index (χ0v) is 12.9. The molecule has 1 aromatic rings. The number of hydrogen-bond acceptors (Lipinski definition) is 2. The molecule has 2 unspecified atom stereocenters. The van der Waals surface area contributed by atoms with E-state index in [1.165, 1.54) is 12.8 Å². The first-order chi connectivity index (χ1) is 9.11. The average Bonchev–Trinajstić information content (AvgIpc) is 2.39. The number of benzene rings is 1. The standard InChI is InChI=1S/C15H21BrN2O/c1-10-8-12(16)6-7-13(10)15(19)18-14-5-3-2-4-11(14)9-17/h6-8,11,14H,2-5,9,17H2,1H3,(H,18,19). The van der Waals surface area contributed by atoms with Gasteiger partial charge in [0.05, 0.1) is 0 Å². The predicted molar refractivity (Wildman–Crippen MR) is 81.1 cm³/mol. The number of rotatable bonds is 3. The molecule has 4 heteroatoms. The van der Waals surface area contributed by atoms with E-state index < -0.39 is 0 Å². The van der Waals surface area contributed by atoms with Gasteiger partial charge in [-0.25, -0.2) is 0 Å². The van der Waals surface area contributed by atoms with Gasteiger partial charge in [0.1, 0.15) is 0 Å². The Labute approximate surface area is 123 Å². The van der Waals surface area contributed by atoms with Crippen molar-refractivity contribution in [1.82, 2.24) is 5.32 Å². The molecule has 1 aliphatic carbocycles. The van der Waals surface area contributed by atoms with Crippen LogP contribution in [0.5, 0.6) is 0 Å². The molecule has 0 spiro atoms. The van der Waals surface area contributed by atoms with Crippen LogP contribution in [0.1, 0.15) is 41.6 Å². The molecule has 19 heavy (non-hydrogen) atoms. The van der Waals surface area contributed by atoms with Gasteiger partial charge < -0.3 is 11.1 Å². The Morgan fingerprint density at radius 2 is 2.16 bits per heavy atom. The maximum atomic E-state index is 12.3. The van der Waals surface area contributed by atoms with Crippen LogP contribution in [-0.2, 0) is 0 Å². The monoisotopic (exact) mass is 324 g/mol. The minimum absolute atomic E-state index is 0.0235. The largest absolute Gasteiger partial charge is 0.349 e. The van der Waals surface area contributed by atoms with E-state index in [1.807, 2.05) is 25.1 Å². The van der Waals surface area contributed by atoms with Crippen molar-refractivity contribution >= 4 is 21.8 Å². The van der Waals surface area contributed by atoms with Gasteiger partial charge in [-0.3, -0.25) is 4.79 Å². The fraction of sp³-hybridized carbons (Fsp3) is 0.533. The summed E-state index contributed by atoms with van der Waals surface area (Å²) in [6, 6.07) is 5.98. The van der Waals surface area contributed by atoms with Gasteiger partial charge in [-0.05, 0) is 56.0 Å². The molecule has 1 fully saturated rings. The first kappa shape index (κ1) is 14.5. The highest BCUT2D eigenvalue weighted by Gasteiger charge is 2.25. The third kappa shape index (κ3) is 3.57. The minimum Gasteiger partial charge on any atom is -0.349 e. The summed E-state index contributed by atoms with van der Waals surface area (Å²) in [6.45, 7) is 2.62. The van der Waals surface area contributed by atoms with Gasteiger partial charge in [-0.1, -0.05) is 28.8 Å². The van der Waals surface area contributed by atoms with Gasteiger partial charge in [0.15, 0.2) is 0 Å². The van der Waals surface area contributed by atoms with E-state index in [4.69, 9.17) is 5.73 Å². The van der Waals surface area contributed by atoms with Crippen molar-refractivity contribution in [3.63, 3.8) is 0 Å². The van der Waals surface area contributed by atoms with Crippen LogP contribution >= 0.6 is 15.9 Å². The fourth-order valence-corrected chi connectivity index (χ4v) is 3.28. The fourth-order valence-electron chi connectivity index (χ4n) is 2.81. The van der Waals surface area contributed by atoms with Crippen LogP contribution in [0, 0.1) is 12.8 Å². The van der Waals surface area contributed by atoms with Crippen molar-refractivity contribution in [3.05, 3.63) is 33.8 Å². The normalized spacial score (nSPS) is 23.1. The Bertz CT molecular complexity index is 461. The molecule has 0 aromatic heterocycles. The highest BCUT2D eigenvalue weighted by molar-refractivity contribution is 9.10. The Hall–Kier alpha value is -0.870. The molecule has 1 amide bonds. The van der Waals surface area contributed by atoms with Crippen LogP contribution in [0.3, 0.4) is 0 Å². The third-order valence-electron chi connectivity index (χ3n) is 3.96. The van der Waals surface area contributed by atoms with E-state index in [0.29, 0.717) is 12.5 Å². The van der Waals surface area contributed by atoms with Crippen molar-refractivity contribution in [2.45, 2.75) is 38.6 Å². The third-order valence-corrected chi connectivity index (χ3v) is 4.45. The van der Waals surface area contributed by atoms with E-state index in [2.05, 4.69) is 21.2 Å². The number of amides is 1. The highest BCUT2D eigenvalue weighted by Crippen LogP contribution is 2.24. The minimum atomic E-state index is 0.0235. The van der Waals surface area contributed by atoms with Gasteiger partial charge >= 0.3 is 0 Å². The Morgan fingerprint density at radius 1 is 1.42 bits per heavy atom. The molecule has 0 heterocycles. The summed E-state index contributed by atoms with van der Waals surface area (Å²) >= 11 is 3.42. The molecule has 2 rings (SSSR count). The van der Waals surface area contributed by atoms with Crippen LogP contribution in [0.25, 0.3) is 0 Å². The molecular formula is C15H21BrN2O. The maximum Gasteiger partial charge on any atom is 0.251 e. The van der Waals surface area contributed by atoms with Crippen molar-refractivity contribution in [2.75, 3.05) is 6.54 Å². The molecule has 3 nitrogen and oxygen atoms in total. The van der Waals surface area contributed by atoms with E-state index in [0.717, 1.165) is 28.4 Å². The summed E-state index contributed by atoms with van der Waals surface area (Å²) < 4.78 is 0.999. The zero-order valence-electron chi connectivity index (χ0n) is 11.3. The number of halogens is 1. The van der Waals surface area contributed by atoms with Crippen LogP contribution in [0.15, 0.2) is 22.7 Å². The summed E-state index contributed by atoms with van der Waals surface area (Å²) in [5.74, 6) is 0.448. The smallest absolute Gasteiger partial charge is 0.251 e. The van der Waals surface area contributed by atoms with Gasteiger partial charge in [0.2, 0.25) is 0 Å². The van der Waals surface area contributed by atoms with Gasteiger partial charge in [0.25, 0.3) is 5.91 Å². The molecule has 1 aliphatic rings. The molecule has 104 valence electrons. The van der Waals surface area contributed by atoms with Crippen LogP contribution in [-0.4, -0.2) is 18.5 Å². The Kier molecular flexibility index (Phi) is 4.99. The molecule has 1 aromatic carbocycles. The quantitative estimate of drug-likeness (QED) is 0.898. The summed E-state index contributed by atoms with van der Waals surface area (Å²) in [4.78, 5) is 12.3. The molecular weight excluding hydrogens is 304 g/mol. The van der Waals surface area contributed by atoms with Crippen molar-refractivity contribution < 1.29 is 4.79 Å².